The van der Waals surface area contributed by atoms with E-state index in [1.165, 1.54) is 17.3 Å². The molecule has 0 atom stereocenters. The van der Waals surface area contributed by atoms with Gasteiger partial charge in [0.15, 0.2) is 0 Å². The van der Waals surface area contributed by atoms with Gasteiger partial charge in [-0.05, 0) is 42.6 Å². The van der Waals surface area contributed by atoms with Crippen LogP contribution in [0.2, 0.25) is 0 Å². The molecule has 0 spiro atoms. The van der Waals surface area contributed by atoms with Crippen molar-refractivity contribution in [2.45, 2.75) is 40.2 Å². The summed E-state index contributed by atoms with van der Waals surface area (Å²) < 4.78 is 15.6. The van der Waals surface area contributed by atoms with E-state index in [9.17, 15) is 4.39 Å². The van der Waals surface area contributed by atoms with Gasteiger partial charge >= 0.3 is 0 Å². The summed E-state index contributed by atoms with van der Waals surface area (Å²) in [4.78, 5) is 0. The van der Waals surface area contributed by atoms with Crippen molar-refractivity contribution in [3.05, 3.63) is 41.0 Å². The predicted octanol–water partition coefficient (Wildman–Crippen LogP) is 3.46. The molecule has 114 valence electrons. The Balaban J connectivity index is 2.60. The number of aromatic nitrogens is 2. The summed E-state index contributed by atoms with van der Waals surface area (Å²) in [7, 11) is 1.98. The molecule has 0 saturated carbocycles. The molecule has 0 fully saturated rings. The molecule has 3 nitrogen and oxygen atoms in total. The molecular formula is C17H24FN3. The first-order chi connectivity index (χ1) is 10.1. The molecule has 2 rings (SSSR count). The van der Waals surface area contributed by atoms with E-state index in [1.807, 2.05) is 17.8 Å². The minimum atomic E-state index is -0.188. The minimum absolute atomic E-state index is 0.188. The number of aryl methyl sites for hydroxylation is 2. The largest absolute Gasteiger partial charge is 0.313 e. The second kappa shape index (κ2) is 6.85. The van der Waals surface area contributed by atoms with Crippen molar-refractivity contribution < 1.29 is 4.39 Å². The molecule has 0 aliphatic heterocycles. The lowest BCUT2D eigenvalue weighted by atomic mass is 9.95. The average molecular weight is 289 g/mol. The first kappa shape index (κ1) is 15.7. The van der Waals surface area contributed by atoms with Crippen LogP contribution in [0.4, 0.5) is 4.39 Å². The maximum atomic E-state index is 13.6. The molecule has 0 radical (unpaired) electrons. The number of hydrogen-bond acceptors (Lipinski definition) is 2. The second-order valence-electron chi connectivity index (χ2n) is 5.18. The molecule has 1 N–H and O–H groups in total. The van der Waals surface area contributed by atoms with E-state index in [-0.39, 0.29) is 5.82 Å². The van der Waals surface area contributed by atoms with E-state index in [0.717, 1.165) is 36.2 Å². The first-order valence-electron chi connectivity index (χ1n) is 7.66. The number of benzene rings is 1. The van der Waals surface area contributed by atoms with Gasteiger partial charge in [-0.2, -0.15) is 5.10 Å². The average Bonchev–Trinajstić information content (AvgIpc) is 2.80. The van der Waals surface area contributed by atoms with Gasteiger partial charge in [-0.25, -0.2) is 4.39 Å². The summed E-state index contributed by atoms with van der Waals surface area (Å²) in [5, 5.41) is 7.91. The van der Waals surface area contributed by atoms with Crippen LogP contribution in [0.5, 0.6) is 0 Å². The van der Waals surface area contributed by atoms with E-state index < -0.39 is 0 Å². The molecule has 21 heavy (non-hydrogen) atoms. The Kier molecular flexibility index (Phi) is 5.12. The number of nitrogens with zero attached hydrogens (tertiary/aromatic N) is 2. The van der Waals surface area contributed by atoms with Gasteiger partial charge in [-0.3, -0.25) is 4.68 Å². The predicted molar refractivity (Wildman–Crippen MR) is 84.7 cm³/mol. The standard InChI is InChI=1S/C17H24FN3/c1-5-15-17(16(6-2)21(4)20-15)14-9-8-13(18)10-12(14)11-19-7-3/h8-10,19H,5-7,11H2,1-4H3. The van der Waals surface area contributed by atoms with Gasteiger partial charge in [0.1, 0.15) is 5.82 Å². The number of nitrogens with one attached hydrogen (secondary N) is 1. The van der Waals surface area contributed by atoms with Crippen molar-refractivity contribution in [2.75, 3.05) is 6.54 Å². The molecule has 4 heteroatoms. The monoisotopic (exact) mass is 289 g/mol. The highest BCUT2D eigenvalue weighted by molar-refractivity contribution is 5.72. The zero-order valence-electron chi connectivity index (χ0n) is 13.3. The Labute approximate surface area is 126 Å². The summed E-state index contributed by atoms with van der Waals surface area (Å²) in [6.45, 7) is 7.83. The van der Waals surface area contributed by atoms with Crippen LogP contribution < -0.4 is 5.32 Å². The normalized spacial score (nSPS) is 11.1. The molecule has 1 aromatic heterocycles. The molecule has 0 aliphatic rings. The van der Waals surface area contributed by atoms with Gasteiger partial charge in [0.2, 0.25) is 0 Å². The van der Waals surface area contributed by atoms with E-state index in [4.69, 9.17) is 0 Å². The smallest absolute Gasteiger partial charge is 0.123 e. The first-order valence-corrected chi connectivity index (χ1v) is 7.66. The fraction of sp³-hybridized carbons (Fsp3) is 0.471. The van der Waals surface area contributed by atoms with Crippen molar-refractivity contribution in [2.24, 2.45) is 7.05 Å². The lowest BCUT2D eigenvalue weighted by Crippen LogP contribution is -2.13. The Morgan fingerprint density at radius 2 is 1.95 bits per heavy atom. The molecule has 0 bridgehead atoms. The van der Waals surface area contributed by atoms with E-state index in [0.29, 0.717) is 6.54 Å². The van der Waals surface area contributed by atoms with Crippen molar-refractivity contribution >= 4 is 0 Å². The summed E-state index contributed by atoms with van der Waals surface area (Å²) in [5.41, 5.74) is 5.55. The van der Waals surface area contributed by atoms with Crippen molar-refractivity contribution in [1.29, 1.82) is 0 Å². The molecule has 0 amide bonds. The number of rotatable bonds is 6. The Bertz CT molecular complexity index is 617. The van der Waals surface area contributed by atoms with Gasteiger partial charge in [0, 0.05) is 24.8 Å². The molecule has 2 aromatic rings. The van der Waals surface area contributed by atoms with Crippen LogP contribution in [-0.2, 0) is 26.4 Å². The highest BCUT2D eigenvalue weighted by atomic mass is 19.1. The molecule has 1 aromatic carbocycles. The van der Waals surface area contributed by atoms with E-state index in [1.54, 1.807) is 6.07 Å². The zero-order chi connectivity index (χ0) is 15.4. The minimum Gasteiger partial charge on any atom is -0.313 e. The van der Waals surface area contributed by atoms with Crippen LogP contribution in [0.3, 0.4) is 0 Å². The molecular weight excluding hydrogens is 265 g/mol. The van der Waals surface area contributed by atoms with Gasteiger partial charge in [-0.15, -0.1) is 0 Å². The third-order valence-corrected chi connectivity index (χ3v) is 3.81. The van der Waals surface area contributed by atoms with Crippen molar-refractivity contribution in [1.82, 2.24) is 15.1 Å². The molecule has 1 heterocycles. The summed E-state index contributed by atoms with van der Waals surface area (Å²) >= 11 is 0. The second-order valence-corrected chi connectivity index (χ2v) is 5.18. The Morgan fingerprint density at radius 1 is 1.19 bits per heavy atom. The van der Waals surface area contributed by atoms with Crippen LogP contribution >= 0.6 is 0 Å². The fourth-order valence-corrected chi connectivity index (χ4v) is 2.80. The quantitative estimate of drug-likeness (QED) is 0.882. The van der Waals surface area contributed by atoms with Crippen molar-refractivity contribution in [3.8, 4) is 11.1 Å². The zero-order valence-corrected chi connectivity index (χ0v) is 13.3. The van der Waals surface area contributed by atoms with Gasteiger partial charge in [0.05, 0.1) is 5.69 Å². The highest BCUT2D eigenvalue weighted by Crippen LogP contribution is 2.31. The summed E-state index contributed by atoms with van der Waals surface area (Å²) in [6.07, 6.45) is 1.79. The maximum absolute atomic E-state index is 13.6. The highest BCUT2D eigenvalue weighted by Gasteiger charge is 2.18. The maximum Gasteiger partial charge on any atom is 0.123 e. The molecule has 0 saturated heterocycles. The fourth-order valence-electron chi connectivity index (χ4n) is 2.80. The lowest BCUT2D eigenvalue weighted by molar-refractivity contribution is 0.622. The van der Waals surface area contributed by atoms with Crippen LogP contribution in [0.15, 0.2) is 18.2 Å². The van der Waals surface area contributed by atoms with Crippen LogP contribution in [0.1, 0.15) is 37.7 Å². The molecule has 0 aliphatic carbocycles. The van der Waals surface area contributed by atoms with Crippen LogP contribution in [-0.4, -0.2) is 16.3 Å². The third kappa shape index (κ3) is 3.16. The van der Waals surface area contributed by atoms with Crippen LogP contribution in [0.25, 0.3) is 11.1 Å². The van der Waals surface area contributed by atoms with Crippen molar-refractivity contribution in [3.63, 3.8) is 0 Å². The lowest BCUT2D eigenvalue weighted by Gasteiger charge is -2.12. The van der Waals surface area contributed by atoms with Gasteiger partial charge in [0.25, 0.3) is 0 Å². The van der Waals surface area contributed by atoms with Crippen LogP contribution in [0, 0.1) is 5.82 Å². The topological polar surface area (TPSA) is 29.9 Å². The Morgan fingerprint density at radius 3 is 2.57 bits per heavy atom. The van der Waals surface area contributed by atoms with E-state index in [2.05, 4.69) is 31.2 Å². The molecule has 0 unspecified atom stereocenters. The number of halogens is 1. The van der Waals surface area contributed by atoms with Gasteiger partial charge < -0.3 is 5.32 Å². The SMILES string of the molecule is CCNCc1cc(F)ccc1-c1c(CC)nn(C)c1CC. The third-order valence-electron chi connectivity index (χ3n) is 3.81. The summed E-state index contributed by atoms with van der Waals surface area (Å²) in [5.74, 6) is -0.188. The Hall–Kier alpha value is -1.68. The summed E-state index contributed by atoms with van der Waals surface area (Å²) in [6, 6.07) is 5.05. The number of hydrogen-bond donors (Lipinski definition) is 1. The van der Waals surface area contributed by atoms with Gasteiger partial charge in [-0.1, -0.05) is 26.8 Å². The van der Waals surface area contributed by atoms with E-state index >= 15 is 0 Å².